The molecule has 0 radical (unpaired) electrons. The number of nitrogens with one attached hydrogen (secondary N) is 1. The Morgan fingerprint density at radius 1 is 1.33 bits per heavy atom. The Morgan fingerprint density at radius 2 is 2.05 bits per heavy atom. The Labute approximate surface area is 120 Å². The number of hydrogen-bond donors (Lipinski definition) is 1. The smallest absolute Gasteiger partial charge is 0.269 e. The number of non-ortho nitro benzene ring substituents is 1. The van der Waals surface area contributed by atoms with Crippen molar-refractivity contribution in [2.75, 3.05) is 5.32 Å². The van der Waals surface area contributed by atoms with Gasteiger partial charge in [0.05, 0.1) is 4.92 Å². The molecule has 1 amide bonds. The average molecular weight is 288 g/mol. The van der Waals surface area contributed by atoms with E-state index in [-0.39, 0.29) is 17.5 Å². The number of nitro benzene ring substituents is 1. The number of benzene rings is 1. The molecule has 1 N–H and O–H groups in total. The Morgan fingerprint density at radius 3 is 2.67 bits per heavy atom. The van der Waals surface area contributed by atoms with E-state index >= 15 is 0 Å². The quantitative estimate of drug-likeness (QED) is 0.669. The highest BCUT2D eigenvalue weighted by Crippen LogP contribution is 2.23. The van der Waals surface area contributed by atoms with Gasteiger partial charge in [0, 0.05) is 24.6 Å². The molecule has 1 heterocycles. The number of carbonyl (C=O) groups excluding carboxylic acids is 1. The molecule has 0 saturated heterocycles. The molecule has 0 aliphatic heterocycles. The monoisotopic (exact) mass is 288 g/mol. The van der Waals surface area contributed by atoms with Crippen LogP contribution in [0.3, 0.4) is 0 Å². The minimum absolute atomic E-state index is 0.0269. The van der Waals surface area contributed by atoms with Crippen LogP contribution in [0.25, 0.3) is 0 Å². The normalized spacial score (nSPS) is 9.95. The first-order valence-electron chi connectivity index (χ1n) is 6.12. The van der Waals surface area contributed by atoms with E-state index in [2.05, 4.69) is 15.3 Å². The highest BCUT2D eigenvalue weighted by Gasteiger charge is 2.07. The van der Waals surface area contributed by atoms with Crippen LogP contribution < -0.4 is 10.1 Å². The number of rotatable bonds is 5. The van der Waals surface area contributed by atoms with Gasteiger partial charge in [0.2, 0.25) is 11.8 Å². The van der Waals surface area contributed by atoms with Gasteiger partial charge < -0.3 is 10.1 Å². The molecule has 8 heteroatoms. The molecule has 2 rings (SSSR count). The molecule has 0 unspecified atom stereocenters. The van der Waals surface area contributed by atoms with Gasteiger partial charge in [-0.15, -0.1) is 0 Å². The van der Waals surface area contributed by atoms with Gasteiger partial charge in [-0.1, -0.05) is 6.92 Å². The number of ether oxygens (including phenoxy) is 1. The summed E-state index contributed by atoms with van der Waals surface area (Å²) in [6, 6.07) is 7.05. The maximum absolute atomic E-state index is 11.3. The maximum atomic E-state index is 11.3. The molecule has 1 aromatic heterocycles. The van der Waals surface area contributed by atoms with Crippen LogP contribution in [0, 0.1) is 10.1 Å². The van der Waals surface area contributed by atoms with Crippen LogP contribution in [-0.4, -0.2) is 20.8 Å². The van der Waals surface area contributed by atoms with Crippen molar-refractivity contribution in [1.82, 2.24) is 9.97 Å². The van der Waals surface area contributed by atoms with E-state index in [1.54, 1.807) is 6.92 Å². The number of aromatic nitrogens is 2. The lowest BCUT2D eigenvalue weighted by Crippen LogP contribution is -2.10. The maximum Gasteiger partial charge on any atom is 0.269 e. The molecule has 0 bridgehead atoms. The Bertz CT molecular complexity index is 657. The summed E-state index contributed by atoms with van der Waals surface area (Å²) in [5, 5.41) is 13.1. The molecule has 0 fully saturated rings. The zero-order valence-electron chi connectivity index (χ0n) is 11.1. The molecule has 0 aliphatic rings. The van der Waals surface area contributed by atoms with Crippen molar-refractivity contribution in [2.24, 2.45) is 0 Å². The molecule has 0 spiro atoms. The second kappa shape index (κ2) is 6.42. The second-order valence-electron chi connectivity index (χ2n) is 4.00. The fourth-order valence-corrected chi connectivity index (χ4v) is 1.45. The average Bonchev–Trinajstić information content (AvgIpc) is 2.48. The second-order valence-corrected chi connectivity index (χ2v) is 4.00. The van der Waals surface area contributed by atoms with Crippen LogP contribution in [-0.2, 0) is 4.79 Å². The molecule has 8 nitrogen and oxygen atoms in total. The van der Waals surface area contributed by atoms with Crippen LogP contribution in [0.4, 0.5) is 11.5 Å². The van der Waals surface area contributed by atoms with Crippen molar-refractivity contribution in [1.29, 1.82) is 0 Å². The van der Waals surface area contributed by atoms with E-state index in [1.165, 1.54) is 36.7 Å². The Kier molecular flexibility index (Phi) is 4.39. The minimum Gasteiger partial charge on any atom is -0.439 e. The first kappa shape index (κ1) is 14.4. The van der Waals surface area contributed by atoms with Crippen molar-refractivity contribution >= 4 is 17.4 Å². The standard InChI is InChI=1S/C13H12N4O4/c1-2-12(18)16-11-7-13(15-8-14-11)21-10-5-3-9(4-6-10)17(19)20/h3-8H,2H2,1H3,(H,14,15,16,18). The molecule has 108 valence electrons. The number of carbonyl (C=O) groups is 1. The van der Waals surface area contributed by atoms with Gasteiger partial charge in [-0.05, 0) is 12.1 Å². The lowest BCUT2D eigenvalue weighted by Gasteiger charge is -2.06. The molecule has 0 aliphatic carbocycles. The van der Waals surface area contributed by atoms with E-state index in [9.17, 15) is 14.9 Å². The summed E-state index contributed by atoms with van der Waals surface area (Å²) in [6.07, 6.45) is 1.59. The summed E-state index contributed by atoms with van der Waals surface area (Å²) in [4.78, 5) is 29.1. The summed E-state index contributed by atoms with van der Waals surface area (Å²) in [5.41, 5.74) is -0.0269. The topological polar surface area (TPSA) is 107 Å². The predicted molar refractivity (Wildman–Crippen MR) is 74.1 cm³/mol. The van der Waals surface area contributed by atoms with Gasteiger partial charge in [0.25, 0.3) is 5.69 Å². The molecule has 1 aromatic carbocycles. The summed E-state index contributed by atoms with van der Waals surface area (Å²) < 4.78 is 5.44. The van der Waals surface area contributed by atoms with Crippen molar-refractivity contribution in [3.63, 3.8) is 0 Å². The van der Waals surface area contributed by atoms with Crippen molar-refractivity contribution in [3.8, 4) is 11.6 Å². The molecule has 0 atom stereocenters. The third kappa shape index (κ3) is 3.96. The third-order valence-corrected chi connectivity index (χ3v) is 2.50. The van der Waals surface area contributed by atoms with E-state index in [1.807, 2.05) is 0 Å². The van der Waals surface area contributed by atoms with Crippen LogP contribution >= 0.6 is 0 Å². The fourth-order valence-electron chi connectivity index (χ4n) is 1.45. The van der Waals surface area contributed by atoms with Gasteiger partial charge in [0.15, 0.2) is 0 Å². The zero-order valence-corrected chi connectivity index (χ0v) is 11.1. The van der Waals surface area contributed by atoms with E-state index in [0.29, 0.717) is 18.0 Å². The van der Waals surface area contributed by atoms with Crippen molar-refractivity contribution in [3.05, 3.63) is 46.8 Å². The fraction of sp³-hybridized carbons (Fsp3) is 0.154. The van der Waals surface area contributed by atoms with Crippen LogP contribution in [0.1, 0.15) is 13.3 Å². The Hall–Kier alpha value is -3.03. The summed E-state index contributed by atoms with van der Waals surface area (Å²) in [5.74, 6) is 0.779. The summed E-state index contributed by atoms with van der Waals surface area (Å²) in [7, 11) is 0. The molecular weight excluding hydrogens is 276 g/mol. The van der Waals surface area contributed by atoms with Crippen LogP contribution in [0.2, 0.25) is 0 Å². The van der Waals surface area contributed by atoms with Crippen LogP contribution in [0.15, 0.2) is 36.7 Å². The highest BCUT2D eigenvalue weighted by atomic mass is 16.6. The van der Waals surface area contributed by atoms with Gasteiger partial charge in [0.1, 0.15) is 17.9 Å². The molecule has 21 heavy (non-hydrogen) atoms. The Balaban J connectivity index is 2.10. The number of nitro groups is 1. The number of hydrogen-bond acceptors (Lipinski definition) is 6. The number of nitrogens with zero attached hydrogens (tertiary/aromatic N) is 3. The van der Waals surface area contributed by atoms with Crippen LogP contribution in [0.5, 0.6) is 11.6 Å². The molecule has 0 saturated carbocycles. The van der Waals surface area contributed by atoms with Crippen molar-refractivity contribution < 1.29 is 14.5 Å². The first-order chi connectivity index (χ1) is 10.1. The summed E-state index contributed by atoms with van der Waals surface area (Å²) >= 11 is 0. The zero-order chi connectivity index (χ0) is 15.2. The van der Waals surface area contributed by atoms with Gasteiger partial charge in [-0.3, -0.25) is 14.9 Å². The number of anilines is 1. The largest absolute Gasteiger partial charge is 0.439 e. The third-order valence-electron chi connectivity index (χ3n) is 2.50. The van der Waals surface area contributed by atoms with Gasteiger partial charge in [-0.2, -0.15) is 0 Å². The van der Waals surface area contributed by atoms with E-state index in [4.69, 9.17) is 4.74 Å². The minimum atomic E-state index is -0.493. The molecular formula is C13H12N4O4. The van der Waals surface area contributed by atoms with E-state index in [0.717, 1.165) is 0 Å². The van der Waals surface area contributed by atoms with Gasteiger partial charge in [-0.25, -0.2) is 9.97 Å². The van der Waals surface area contributed by atoms with E-state index < -0.39 is 4.92 Å². The highest BCUT2D eigenvalue weighted by molar-refractivity contribution is 5.89. The number of amides is 1. The summed E-state index contributed by atoms with van der Waals surface area (Å²) in [6.45, 7) is 1.73. The lowest BCUT2D eigenvalue weighted by molar-refractivity contribution is -0.384. The SMILES string of the molecule is CCC(=O)Nc1cc(Oc2ccc([N+](=O)[O-])cc2)ncn1. The first-order valence-corrected chi connectivity index (χ1v) is 6.12. The van der Waals surface area contributed by atoms with Gasteiger partial charge >= 0.3 is 0 Å². The molecule has 2 aromatic rings. The predicted octanol–water partition coefficient (Wildman–Crippen LogP) is 2.53. The lowest BCUT2D eigenvalue weighted by atomic mass is 10.3. The van der Waals surface area contributed by atoms with Crippen molar-refractivity contribution in [2.45, 2.75) is 13.3 Å².